The third kappa shape index (κ3) is 3.84. The Morgan fingerprint density at radius 1 is 1.37 bits per heavy atom. The molecule has 19 heavy (non-hydrogen) atoms. The van der Waals surface area contributed by atoms with Gasteiger partial charge in [0.25, 0.3) is 0 Å². The fraction of sp³-hybridized carbons (Fsp3) is 0.750. The molecule has 2 N–H and O–H groups in total. The number of piperidine rings is 1. The first-order chi connectivity index (χ1) is 9.01. The quantitative estimate of drug-likeness (QED) is 0.759. The summed E-state index contributed by atoms with van der Waals surface area (Å²) < 4.78 is 0. The first kappa shape index (κ1) is 15.3. The molecule has 7 heteroatoms. The normalized spacial score (nSPS) is 18.8. The number of urea groups is 1. The molecule has 1 saturated heterocycles. The third-order valence-corrected chi connectivity index (χ3v) is 3.30. The molecule has 0 saturated carbocycles. The average Bonchev–Trinajstić information content (AvgIpc) is 2.43. The minimum atomic E-state index is -0.982. The van der Waals surface area contributed by atoms with Crippen molar-refractivity contribution < 1.29 is 19.5 Å². The van der Waals surface area contributed by atoms with Gasteiger partial charge in [0, 0.05) is 20.1 Å². The second-order valence-corrected chi connectivity index (χ2v) is 4.51. The Balaban J connectivity index is 2.76. The molecule has 1 atom stereocenters. The molecule has 0 aromatic heterocycles. The van der Waals surface area contributed by atoms with Crippen LogP contribution < -0.4 is 5.32 Å². The molecule has 1 aliphatic heterocycles. The van der Waals surface area contributed by atoms with Crippen molar-refractivity contribution in [1.82, 2.24) is 15.1 Å². The Hall–Kier alpha value is -1.79. The molecule has 1 rings (SSSR count). The highest BCUT2D eigenvalue weighted by Gasteiger charge is 2.34. The van der Waals surface area contributed by atoms with Gasteiger partial charge in [0.2, 0.25) is 5.91 Å². The fourth-order valence-corrected chi connectivity index (χ4v) is 2.17. The molecule has 1 heterocycles. The zero-order valence-corrected chi connectivity index (χ0v) is 11.4. The second-order valence-electron chi connectivity index (χ2n) is 4.51. The monoisotopic (exact) mass is 271 g/mol. The smallest absolute Gasteiger partial charge is 0.326 e. The van der Waals surface area contributed by atoms with Gasteiger partial charge in [-0.3, -0.25) is 4.79 Å². The maximum atomic E-state index is 12.3. The van der Waals surface area contributed by atoms with Crippen molar-refractivity contribution in [2.75, 3.05) is 26.7 Å². The van der Waals surface area contributed by atoms with E-state index in [0.29, 0.717) is 19.5 Å². The van der Waals surface area contributed by atoms with Gasteiger partial charge in [-0.25, -0.2) is 9.59 Å². The lowest BCUT2D eigenvalue weighted by molar-refractivity contribution is -0.143. The summed E-state index contributed by atoms with van der Waals surface area (Å²) in [5, 5.41) is 11.6. The Bertz CT molecular complexity index is 359. The van der Waals surface area contributed by atoms with Gasteiger partial charge in [0.1, 0.15) is 12.6 Å². The Morgan fingerprint density at radius 2 is 2.05 bits per heavy atom. The highest BCUT2D eigenvalue weighted by atomic mass is 16.4. The predicted molar refractivity (Wildman–Crippen MR) is 68.7 cm³/mol. The van der Waals surface area contributed by atoms with Gasteiger partial charge >= 0.3 is 12.0 Å². The molecule has 0 spiro atoms. The second kappa shape index (κ2) is 6.96. The number of carbonyl (C=O) groups is 3. The van der Waals surface area contributed by atoms with E-state index in [1.54, 1.807) is 6.92 Å². The molecule has 0 radical (unpaired) electrons. The summed E-state index contributed by atoms with van der Waals surface area (Å²) in [6.45, 7) is 2.52. The van der Waals surface area contributed by atoms with Crippen LogP contribution in [0.3, 0.4) is 0 Å². The zero-order chi connectivity index (χ0) is 14.4. The molecule has 7 nitrogen and oxygen atoms in total. The zero-order valence-electron chi connectivity index (χ0n) is 11.4. The van der Waals surface area contributed by atoms with Crippen molar-refractivity contribution >= 4 is 17.9 Å². The van der Waals surface area contributed by atoms with Crippen molar-refractivity contribution in [3.8, 4) is 0 Å². The standard InChI is InChI=1S/C12H21N3O4/c1-3-14(8-10(16)13-2)12(19)15-7-5-4-6-9(15)11(17)18/h9H,3-8H2,1-2H3,(H,13,16)(H,17,18). The van der Waals surface area contributed by atoms with Crippen LogP contribution in [0.5, 0.6) is 0 Å². The largest absolute Gasteiger partial charge is 0.480 e. The van der Waals surface area contributed by atoms with E-state index in [4.69, 9.17) is 5.11 Å². The van der Waals surface area contributed by atoms with E-state index >= 15 is 0 Å². The van der Waals surface area contributed by atoms with E-state index in [1.807, 2.05) is 0 Å². The van der Waals surface area contributed by atoms with E-state index in [0.717, 1.165) is 12.8 Å². The van der Waals surface area contributed by atoms with Crippen molar-refractivity contribution in [1.29, 1.82) is 0 Å². The first-order valence-corrected chi connectivity index (χ1v) is 6.50. The number of likely N-dealkylation sites (tertiary alicyclic amines) is 1. The predicted octanol–water partition coefficient (Wildman–Crippen LogP) is 0.113. The molecular weight excluding hydrogens is 250 g/mol. The van der Waals surface area contributed by atoms with Gasteiger partial charge in [-0.1, -0.05) is 0 Å². The van der Waals surface area contributed by atoms with Crippen LogP contribution in [-0.4, -0.2) is 65.5 Å². The topological polar surface area (TPSA) is 90.0 Å². The van der Waals surface area contributed by atoms with Gasteiger partial charge in [0.05, 0.1) is 0 Å². The van der Waals surface area contributed by atoms with Crippen LogP contribution in [0.15, 0.2) is 0 Å². The van der Waals surface area contributed by atoms with Gasteiger partial charge in [0.15, 0.2) is 0 Å². The van der Waals surface area contributed by atoms with Gasteiger partial charge in [-0.15, -0.1) is 0 Å². The number of rotatable bonds is 4. The molecule has 3 amide bonds. The maximum Gasteiger partial charge on any atom is 0.326 e. The van der Waals surface area contributed by atoms with Crippen LogP contribution in [-0.2, 0) is 9.59 Å². The highest BCUT2D eigenvalue weighted by molar-refractivity contribution is 5.86. The lowest BCUT2D eigenvalue weighted by atomic mass is 10.0. The summed E-state index contributed by atoms with van der Waals surface area (Å²) in [6, 6.07) is -1.15. The number of nitrogens with zero attached hydrogens (tertiary/aromatic N) is 2. The van der Waals surface area contributed by atoms with Crippen LogP contribution in [0.1, 0.15) is 26.2 Å². The van der Waals surface area contributed by atoms with Crippen molar-refractivity contribution in [2.24, 2.45) is 0 Å². The molecule has 0 bridgehead atoms. The van der Waals surface area contributed by atoms with Gasteiger partial charge < -0.3 is 20.2 Å². The van der Waals surface area contributed by atoms with Crippen LogP contribution >= 0.6 is 0 Å². The number of carboxylic acid groups (broad SMARTS) is 1. The maximum absolute atomic E-state index is 12.3. The molecule has 0 aromatic rings. The van der Waals surface area contributed by atoms with Crippen molar-refractivity contribution in [3.05, 3.63) is 0 Å². The van der Waals surface area contributed by atoms with Crippen LogP contribution in [0.2, 0.25) is 0 Å². The fourth-order valence-electron chi connectivity index (χ4n) is 2.17. The number of carboxylic acids is 1. The molecule has 108 valence electrons. The first-order valence-electron chi connectivity index (χ1n) is 6.50. The van der Waals surface area contributed by atoms with E-state index in [-0.39, 0.29) is 18.5 Å². The summed E-state index contributed by atoms with van der Waals surface area (Å²) in [6.07, 6.45) is 2.08. The Kier molecular flexibility index (Phi) is 5.59. The minimum absolute atomic E-state index is 0.0470. The molecule has 1 aliphatic rings. The highest BCUT2D eigenvalue weighted by Crippen LogP contribution is 2.18. The lowest BCUT2D eigenvalue weighted by Gasteiger charge is -2.36. The van der Waals surface area contributed by atoms with E-state index < -0.39 is 12.0 Å². The molecule has 0 aliphatic carbocycles. The summed E-state index contributed by atoms with van der Waals surface area (Å²) >= 11 is 0. The van der Waals surface area contributed by atoms with E-state index in [2.05, 4.69) is 5.32 Å². The number of hydrogen-bond donors (Lipinski definition) is 2. The summed E-state index contributed by atoms with van der Waals surface area (Å²) in [7, 11) is 1.50. The van der Waals surface area contributed by atoms with E-state index in [1.165, 1.54) is 16.8 Å². The van der Waals surface area contributed by atoms with Crippen molar-refractivity contribution in [2.45, 2.75) is 32.2 Å². The molecular formula is C12H21N3O4. The average molecular weight is 271 g/mol. The van der Waals surface area contributed by atoms with Gasteiger partial charge in [-0.05, 0) is 26.2 Å². The number of likely N-dealkylation sites (N-methyl/N-ethyl adjacent to an activating group) is 2. The third-order valence-electron chi connectivity index (χ3n) is 3.30. The number of amides is 3. The van der Waals surface area contributed by atoms with Crippen LogP contribution in [0, 0.1) is 0 Å². The van der Waals surface area contributed by atoms with Crippen LogP contribution in [0.4, 0.5) is 4.79 Å². The van der Waals surface area contributed by atoms with Crippen molar-refractivity contribution in [3.63, 3.8) is 0 Å². The summed E-state index contributed by atoms with van der Waals surface area (Å²) in [5.41, 5.74) is 0. The Morgan fingerprint density at radius 3 is 2.58 bits per heavy atom. The molecule has 1 fully saturated rings. The number of carbonyl (C=O) groups excluding carboxylic acids is 2. The number of aliphatic carboxylic acids is 1. The SMILES string of the molecule is CCN(CC(=O)NC)C(=O)N1CCCCC1C(=O)O. The van der Waals surface area contributed by atoms with Crippen LogP contribution in [0.25, 0.3) is 0 Å². The van der Waals surface area contributed by atoms with Gasteiger partial charge in [-0.2, -0.15) is 0 Å². The number of nitrogens with one attached hydrogen (secondary N) is 1. The lowest BCUT2D eigenvalue weighted by Crippen LogP contribution is -2.54. The van der Waals surface area contributed by atoms with E-state index in [9.17, 15) is 14.4 Å². The molecule has 1 unspecified atom stereocenters. The summed E-state index contributed by atoms with van der Waals surface area (Å²) in [5.74, 6) is -1.25. The Labute approximate surface area is 112 Å². The minimum Gasteiger partial charge on any atom is -0.480 e. The number of hydrogen-bond acceptors (Lipinski definition) is 3. The molecule has 0 aromatic carbocycles. The summed E-state index contributed by atoms with van der Waals surface area (Å²) in [4.78, 5) is 37.5.